The lowest BCUT2D eigenvalue weighted by Crippen LogP contribution is -2.23. The minimum Gasteiger partial charge on any atom is -0.543 e. The minimum absolute atomic E-state index is 0.0500. The number of rotatable bonds is 6. The summed E-state index contributed by atoms with van der Waals surface area (Å²) in [6.45, 7) is 0. The number of nitrogens with zero attached hydrogens (tertiary/aromatic N) is 1. The number of methoxy groups -OCH3 is 2. The van der Waals surface area contributed by atoms with Crippen molar-refractivity contribution in [2.24, 2.45) is 0 Å². The quantitative estimate of drug-likeness (QED) is 0.803. The van der Waals surface area contributed by atoms with Crippen molar-refractivity contribution in [1.82, 2.24) is 4.98 Å². The number of aromatic carboxylic acids is 1. The summed E-state index contributed by atoms with van der Waals surface area (Å²) >= 11 is 0. The molecule has 0 bridgehead atoms. The molecule has 1 aromatic heterocycles. The number of benzene rings is 1. The number of carbonyl (C=O) groups excluding carboxylic acids is 1. The molecule has 0 saturated heterocycles. The van der Waals surface area contributed by atoms with Gasteiger partial charge in [0.1, 0.15) is 0 Å². The van der Waals surface area contributed by atoms with Gasteiger partial charge in [-0.3, -0.25) is 9.71 Å². The Hall–Kier alpha value is -2.81. The van der Waals surface area contributed by atoms with Crippen LogP contribution in [0, 0.1) is 0 Å². The summed E-state index contributed by atoms with van der Waals surface area (Å²) < 4.78 is 37.1. The first-order chi connectivity index (χ1) is 10.9. The van der Waals surface area contributed by atoms with E-state index in [1.54, 1.807) is 0 Å². The summed E-state index contributed by atoms with van der Waals surface area (Å²) in [7, 11) is -1.12. The maximum atomic E-state index is 12.4. The van der Waals surface area contributed by atoms with Crippen molar-refractivity contribution in [3.8, 4) is 11.5 Å². The molecule has 0 fully saturated rings. The number of hydrogen-bond donors (Lipinski definition) is 1. The second-order valence-corrected chi connectivity index (χ2v) is 6.02. The van der Waals surface area contributed by atoms with Crippen LogP contribution in [0.1, 0.15) is 10.5 Å². The normalized spacial score (nSPS) is 10.9. The van der Waals surface area contributed by atoms with Crippen molar-refractivity contribution in [3.05, 3.63) is 42.2 Å². The number of hydrogen-bond acceptors (Lipinski definition) is 7. The number of carbonyl (C=O) groups is 1. The smallest absolute Gasteiger partial charge is 0.262 e. The molecule has 0 aliphatic heterocycles. The second kappa shape index (κ2) is 6.53. The van der Waals surface area contributed by atoms with Gasteiger partial charge in [-0.2, -0.15) is 0 Å². The highest BCUT2D eigenvalue weighted by atomic mass is 32.2. The standard InChI is InChI=1S/C14H14N2O6S/c1-21-12-4-3-10(8-13(12)22-2)23(19,20)16-9-5-6-15-11(7-9)14(17)18/h3-8H,1-2H3,(H,15,16)(H,17,18)/p-1. The number of carboxylic acid groups (broad SMARTS) is 1. The van der Waals surface area contributed by atoms with Crippen LogP contribution in [0.3, 0.4) is 0 Å². The molecule has 2 aromatic rings. The Bertz CT molecular complexity index is 835. The predicted octanol–water partition coefficient (Wildman–Crippen LogP) is 0.263. The van der Waals surface area contributed by atoms with Gasteiger partial charge >= 0.3 is 0 Å². The van der Waals surface area contributed by atoms with Gasteiger partial charge in [0.05, 0.1) is 36.5 Å². The molecule has 122 valence electrons. The fraction of sp³-hybridized carbons (Fsp3) is 0.143. The van der Waals surface area contributed by atoms with Crippen LogP contribution in [0.5, 0.6) is 11.5 Å². The van der Waals surface area contributed by atoms with E-state index in [0.29, 0.717) is 5.75 Å². The number of pyridine rings is 1. The van der Waals surface area contributed by atoms with E-state index in [4.69, 9.17) is 9.47 Å². The lowest BCUT2D eigenvalue weighted by atomic mass is 10.3. The predicted molar refractivity (Wildman–Crippen MR) is 78.9 cm³/mol. The van der Waals surface area contributed by atoms with Crippen molar-refractivity contribution in [1.29, 1.82) is 0 Å². The van der Waals surface area contributed by atoms with E-state index in [1.165, 1.54) is 38.5 Å². The molecule has 1 heterocycles. The lowest BCUT2D eigenvalue weighted by Gasteiger charge is -2.12. The monoisotopic (exact) mass is 337 g/mol. The Balaban J connectivity index is 2.35. The summed E-state index contributed by atoms with van der Waals surface area (Å²) in [5.74, 6) is -0.868. The van der Waals surface area contributed by atoms with Gasteiger partial charge in [0.25, 0.3) is 10.0 Å². The molecule has 0 atom stereocenters. The highest BCUT2D eigenvalue weighted by molar-refractivity contribution is 7.92. The Labute approximate surface area is 132 Å². The zero-order valence-corrected chi connectivity index (χ0v) is 13.1. The minimum atomic E-state index is -3.94. The largest absolute Gasteiger partial charge is 0.543 e. The van der Waals surface area contributed by atoms with Crippen LogP contribution < -0.4 is 19.3 Å². The number of carboxylic acids is 1. The first-order valence-electron chi connectivity index (χ1n) is 6.29. The Morgan fingerprint density at radius 1 is 1.13 bits per heavy atom. The number of ether oxygens (including phenoxy) is 2. The van der Waals surface area contributed by atoms with Crippen LogP contribution in [0.15, 0.2) is 41.4 Å². The molecule has 23 heavy (non-hydrogen) atoms. The van der Waals surface area contributed by atoms with Gasteiger partial charge in [0, 0.05) is 12.3 Å². The molecular weight excluding hydrogens is 324 g/mol. The van der Waals surface area contributed by atoms with Crippen LogP contribution in [0.2, 0.25) is 0 Å². The molecule has 9 heteroatoms. The van der Waals surface area contributed by atoms with Gasteiger partial charge in [0.2, 0.25) is 0 Å². The summed E-state index contributed by atoms with van der Waals surface area (Å²) in [5, 5.41) is 10.8. The van der Waals surface area contributed by atoms with Crippen molar-refractivity contribution >= 4 is 21.7 Å². The first kappa shape index (κ1) is 16.6. The maximum Gasteiger partial charge on any atom is 0.262 e. The van der Waals surface area contributed by atoms with Crippen LogP contribution in [0.4, 0.5) is 5.69 Å². The average Bonchev–Trinajstić information content (AvgIpc) is 2.53. The maximum absolute atomic E-state index is 12.4. The summed E-state index contributed by atoms with van der Waals surface area (Å²) in [6, 6.07) is 6.47. The number of nitrogens with one attached hydrogen (secondary N) is 1. The molecule has 2 rings (SSSR count). The molecule has 0 amide bonds. The molecule has 0 saturated carbocycles. The van der Waals surface area contributed by atoms with Crippen LogP contribution in [0.25, 0.3) is 0 Å². The zero-order chi connectivity index (χ0) is 17.0. The van der Waals surface area contributed by atoms with Crippen molar-refractivity contribution in [3.63, 3.8) is 0 Å². The van der Waals surface area contributed by atoms with Gasteiger partial charge in [-0.1, -0.05) is 0 Å². The molecule has 0 radical (unpaired) electrons. The van der Waals surface area contributed by atoms with E-state index in [9.17, 15) is 18.3 Å². The summed E-state index contributed by atoms with van der Waals surface area (Å²) in [5.41, 5.74) is -0.327. The molecular formula is C14H13N2O6S-. The molecule has 8 nitrogen and oxygen atoms in total. The third-order valence-electron chi connectivity index (χ3n) is 2.89. The van der Waals surface area contributed by atoms with Crippen LogP contribution in [-0.2, 0) is 10.0 Å². The molecule has 0 unspecified atom stereocenters. The number of aromatic nitrogens is 1. The van der Waals surface area contributed by atoms with Gasteiger partial charge in [-0.25, -0.2) is 8.42 Å². The third-order valence-corrected chi connectivity index (χ3v) is 4.27. The van der Waals surface area contributed by atoms with E-state index >= 15 is 0 Å². The summed E-state index contributed by atoms with van der Waals surface area (Å²) in [4.78, 5) is 14.3. The Morgan fingerprint density at radius 2 is 1.83 bits per heavy atom. The summed E-state index contributed by atoms with van der Waals surface area (Å²) in [6.07, 6.45) is 1.16. The number of sulfonamides is 1. The van der Waals surface area contributed by atoms with Gasteiger partial charge < -0.3 is 19.4 Å². The van der Waals surface area contributed by atoms with E-state index < -0.39 is 16.0 Å². The second-order valence-electron chi connectivity index (χ2n) is 4.34. The molecule has 1 aromatic carbocycles. The zero-order valence-electron chi connectivity index (χ0n) is 12.3. The van der Waals surface area contributed by atoms with Gasteiger partial charge in [-0.15, -0.1) is 0 Å². The van der Waals surface area contributed by atoms with E-state index in [-0.39, 0.29) is 22.0 Å². The van der Waals surface area contributed by atoms with Crippen LogP contribution >= 0.6 is 0 Å². The molecule has 0 aliphatic carbocycles. The van der Waals surface area contributed by atoms with E-state index in [1.807, 2.05) is 0 Å². The van der Waals surface area contributed by atoms with Crippen molar-refractivity contribution in [2.45, 2.75) is 4.90 Å². The molecule has 0 spiro atoms. The highest BCUT2D eigenvalue weighted by Gasteiger charge is 2.17. The van der Waals surface area contributed by atoms with E-state index in [2.05, 4.69) is 9.71 Å². The fourth-order valence-electron chi connectivity index (χ4n) is 1.80. The van der Waals surface area contributed by atoms with Gasteiger partial charge in [0.15, 0.2) is 11.5 Å². The van der Waals surface area contributed by atoms with Crippen molar-refractivity contribution < 1.29 is 27.8 Å². The number of anilines is 1. The first-order valence-corrected chi connectivity index (χ1v) is 7.78. The van der Waals surface area contributed by atoms with Crippen LogP contribution in [-0.4, -0.2) is 33.6 Å². The fourth-order valence-corrected chi connectivity index (χ4v) is 2.87. The van der Waals surface area contributed by atoms with Gasteiger partial charge in [-0.05, 0) is 24.3 Å². The molecule has 0 aliphatic rings. The third kappa shape index (κ3) is 3.69. The topological polar surface area (TPSA) is 118 Å². The Kier molecular flexibility index (Phi) is 4.70. The lowest BCUT2D eigenvalue weighted by molar-refractivity contribution is -0.255. The Morgan fingerprint density at radius 3 is 2.43 bits per heavy atom. The average molecular weight is 337 g/mol. The SMILES string of the molecule is COc1ccc(S(=O)(=O)Nc2ccnc(C(=O)[O-])c2)cc1OC. The van der Waals surface area contributed by atoms with E-state index in [0.717, 1.165) is 12.3 Å². The molecule has 1 N–H and O–H groups in total. The highest BCUT2D eigenvalue weighted by Crippen LogP contribution is 2.30. The van der Waals surface area contributed by atoms with Crippen molar-refractivity contribution in [2.75, 3.05) is 18.9 Å².